The number of ether oxygens (including phenoxy) is 3. The van der Waals surface area contributed by atoms with Crippen LogP contribution >= 0.6 is 39.1 Å². The maximum atomic E-state index is 13.2. The highest BCUT2D eigenvalue weighted by atomic mass is 79.9. The second-order valence-electron chi connectivity index (χ2n) is 9.25. The van der Waals surface area contributed by atoms with Gasteiger partial charge in [0.05, 0.1) is 28.4 Å². The Balaban J connectivity index is 1.74. The predicted octanol–water partition coefficient (Wildman–Crippen LogP) is 6.59. The molecule has 0 heterocycles. The minimum atomic E-state index is -0.941. The van der Waals surface area contributed by atoms with E-state index in [2.05, 4.69) is 31.8 Å². The monoisotopic (exact) mass is 663 g/mol. The van der Waals surface area contributed by atoms with Gasteiger partial charge in [-0.05, 0) is 85.1 Å². The Labute approximate surface area is 258 Å². The smallest absolute Gasteiger partial charge is 0.262 e. The standard InChI is InChI=1S/C30H32BrCl2N3O5/c1-5-39-27-15-21(13-23(31)28(27)40-18(2)3)17-34-36-30(38)25(14-20-9-7-6-8-10-20)35-29(37)19(4)41-26-12-11-22(32)16-24(26)33/h6-13,15-19,25H,5,14H2,1-4H3,(H,35,37)(H,36,38)/b34-17-/t19-,25+/m0/s1. The lowest BCUT2D eigenvalue weighted by atomic mass is 10.1. The predicted molar refractivity (Wildman–Crippen MR) is 165 cm³/mol. The molecule has 0 radical (unpaired) electrons. The highest BCUT2D eigenvalue weighted by molar-refractivity contribution is 9.10. The van der Waals surface area contributed by atoms with Crippen molar-refractivity contribution in [1.29, 1.82) is 0 Å². The Morgan fingerprint density at radius 2 is 1.71 bits per heavy atom. The van der Waals surface area contributed by atoms with Crippen LogP contribution in [0.2, 0.25) is 10.0 Å². The highest BCUT2D eigenvalue weighted by Crippen LogP contribution is 2.37. The van der Waals surface area contributed by atoms with Gasteiger partial charge in [-0.25, -0.2) is 5.43 Å². The van der Waals surface area contributed by atoms with Crippen molar-refractivity contribution in [2.45, 2.75) is 52.4 Å². The van der Waals surface area contributed by atoms with Gasteiger partial charge in [-0.1, -0.05) is 53.5 Å². The number of carbonyl (C=O) groups is 2. The Morgan fingerprint density at radius 3 is 2.37 bits per heavy atom. The van der Waals surface area contributed by atoms with Crippen LogP contribution in [0.15, 0.2) is 70.2 Å². The number of hydrogen-bond donors (Lipinski definition) is 2. The lowest BCUT2D eigenvalue weighted by molar-refractivity contribution is -0.132. The third-order valence-electron chi connectivity index (χ3n) is 5.56. The molecular weight excluding hydrogens is 633 g/mol. The van der Waals surface area contributed by atoms with Crippen molar-refractivity contribution in [2.24, 2.45) is 5.10 Å². The molecule has 8 nitrogen and oxygen atoms in total. The van der Waals surface area contributed by atoms with E-state index < -0.39 is 24.0 Å². The fraction of sp³-hybridized carbons (Fsp3) is 0.300. The number of rotatable bonds is 13. The molecule has 0 fully saturated rings. The number of hydrogen-bond acceptors (Lipinski definition) is 6. The zero-order valence-corrected chi connectivity index (χ0v) is 26.2. The molecule has 0 spiro atoms. The lowest BCUT2D eigenvalue weighted by Crippen LogP contribution is -2.50. The van der Waals surface area contributed by atoms with E-state index >= 15 is 0 Å². The maximum Gasteiger partial charge on any atom is 0.262 e. The van der Waals surface area contributed by atoms with E-state index in [4.69, 9.17) is 37.4 Å². The quantitative estimate of drug-likeness (QED) is 0.159. The van der Waals surface area contributed by atoms with Crippen LogP contribution in [0.4, 0.5) is 0 Å². The second-order valence-corrected chi connectivity index (χ2v) is 10.9. The lowest BCUT2D eigenvalue weighted by Gasteiger charge is -2.21. The third-order valence-corrected chi connectivity index (χ3v) is 6.68. The molecule has 0 aliphatic heterocycles. The molecule has 2 N–H and O–H groups in total. The number of halogens is 3. The van der Waals surface area contributed by atoms with Crippen LogP contribution in [0.25, 0.3) is 0 Å². The number of nitrogens with zero attached hydrogens (tertiary/aromatic N) is 1. The minimum absolute atomic E-state index is 0.0441. The number of benzene rings is 3. The van der Waals surface area contributed by atoms with E-state index in [-0.39, 0.29) is 17.5 Å². The molecule has 0 bridgehead atoms. The van der Waals surface area contributed by atoms with Gasteiger partial charge in [-0.3, -0.25) is 9.59 Å². The summed E-state index contributed by atoms with van der Waals surface area (Å²) >= 11 is 15.6. The first-order chi connectivity index (χ1) is 19.6. The molecule has 0 unspecified atom stereocenters. The molecule has 0 aliphatic rings. The fourth-order valence-electron chi connectivity index (χ4n) is 3.69. The van der Waals surface area contributed by atoms with Gasteiger partial charge >= 0.3 is 0 Å². The summed E-state index contributed by atoms with van der Waals surface area (Å²) in [6, 6.07) is 16.7. The first kappa shape index (κ1) is 32.2. The number of amides is 2. The van der Waals surface area contributed by atoms with Gasteiger partial charge in [0.1, 0.15) is 11.8 Å². The van der Waals surface area contributed by atoms with Crippen LogP contribution in [-0.2, 0) is 16.0 Å². The average molecular weight is 665 g/mol. The molecular formula is C30H32BrCl2N3O5. The fourth-order valence-corrected chi connectivity index (χ4v) is 4.69. The normalized spacial score (nSPS) is 12.6. The van der Waals surface area contributed by atoms with Crippen LogP contribution in [0.5, 0.6) is 17.2 Å². The minimum Gasteiger partial charge on any atom is -0.490 e. The van der Waals surface area contributed by atoms with E-state index in [0.717, 1.165) is 5.56 Å². The molecule has 11 heteroatoms. The molecule has 0 aromatic heterocycles. The zero-order chi connectivity index (χ0) is 29.9. The Kier molecular flexibility index (Phi) is 12.3. The van der Waals surface area contributed by atoms with Crippen LogP contribution in [0, 0.1) is 0 Å². The molecule has 2 amide bonds. The first-order valence-electron chi connectivity index (χ1n) is 13.0. The van der Waals surface area contributed by atoms with E-state index in [9.17, 15) is 9.59 Å². The van der Waals surface area contributed by atoms with E-state index in [1.54, 1.807) is 31.2 Å². The topological polar surface area (TPSA) is 98.2 Å². The third kappa shape index (κ3) is 9.95. The molecule has 218 valence electrons. The van der Waals surface area contributed by atoms with Gasteiger partial charge in [0.2, 0.25) is 0 Å². The SMILES string of the molecule is CCOc1cc(/C=N\NC(=O)[C@@H](Cc2ccccc2)NC(=O)[C@H](C)Oc2ccc(Cl)cc2Cl)cc(Br)c1OC(C)C. The Hall–Kier alpha value is -3.27. The molecule has 3 aromatic rings. The Bertz CT molecular complexity index is 1370. The summed E-state index contributed by atoms with van der Waals surface area (Å²) in [5, 5.41) is 7.60. The van der Waals surface area contributed by atoms with Crippen LogP contribution in [-0.4, -0.2) is 42.9 Å². The van der Waals surface area contributed by atoms with Crippen LogP contribution < -0.4 is 25.0 Å². The van der Waals surface area contributed by atoms with Crippen molar-refractivity contribution in [3.05, 3.63) is 86.3 Å². The highest BCUT2D eigenvalue weighted by Gasteiger charge is 2.25. The maximum absolute atomic E-state index is 13.2. The molecule has 0 saturated heterocycles. The number of carbonyl (C=O) groups excluding carboxylic acids is 2. The number of nitrogens with one attached hydrogen (secondary N) is 2. The van der Waals surface area contributed by atoms with E-state index in [1.165, 1.54) is 12.3 Å². The molecule has 0 saturated carbocycles. The molecule has 0 aliphatic carbocycles. The van der Waals surface area contributed by atoms with Gasteiger partial charge < -0.3 is 19.5 Å². The largest absolute Gasteiger partial charge is 0.490 e. The van der Waals surface area contributed by atoms with Crippen molar-refractivity contribution in [1.82, 2.24) is 10.7 Å². The number of hydrazone groups is 1. The van der Waals surface area contributed by atoms with Gasteiger partial charge in [0.15, 0.2) is 17.6 Å². The van der Waals surface area contributed by atoms with Gasteiger partial charge in [0, 0.05) is 11.4 Å². The summed E-state index contributed by atoms with van der Waals surface area (Å²) in [6.45, 7) is 7.75. The van der Waals surface area contributed by atoms with Crippen molar-refractivity contribution in [2.75, 3.05) is 6.61 Å². The van der Waals surface area contributed by atoms with E-state index in [1.807, 2.05) is 51.1 Å². The average Bonchev–Trinajstić information content (AvgIpc) is 2.92. The van der Waals surface area contributed by atoms with Crippen molar-refractivity contribution in [3.8, 4) is 17.2 Å². The summed E-state index contributed by atoms with van der Waals surface area (Å²) in [5.41, 5.74) is 4.06. The van der Waals surface area contributed by atoms with Crippen molar-refractivity contribution >= 4 is 57.2 Å². The summed E-state index contributed by atoms with van der Waals surface area (Å²) in [7, 11) is 0. The molecule has 3 rings (SSSR count). The summed E-state index contributed by atoms with van der Waals surface area (Å²) < 4.78 is 18.0. The van der Waals surface area contributed by atoms with Crippen LogP contribution in [0.1, 0.15) is 38.8 Å². The van der Waals surface area contributed by atoms with E-state index in [0.29, 0.717) is 38.9 Å². The van der Waals surface area contributed by atoms with Crippen LogP contribution in [0.3, 0.4) is 0 Å². The molecule has 41 heavy (non-hydrogen) atoms. The van der Waals surface area contributed by atoms with Gasteiger partial charge in [-0.15, -0.1) is 0 Å². The summed E-state index contributed by atoms with van der Waals surface area (Å²) in [4.78, 5) is 26.2. The second kappa shape index (κ2) is 15.7. The van der Waals surface area contributed by atoms with Gasteiger partial charge in [0.25, 0.3) is 11.8 Å². The van der Waals surface area contributed by atoms with Gasteiger partial charge in [-0.2, -0.15) is 5.10 Å². The van der Waals surface area contributed by atoms with Crippen molar-refractivity contribution in [3.63, 3.8) is 0 Å². The first-order valence-corrected chi connectivity index (χ1v) is 14.5. The Morgan fingerprint density at radius 1 is 0.976 bits per heavy atom. The summed E-state index contributed by atoms with van der Waals surface area (Å²) in [6.07, 6.45) is 0.741. The summed E-state index contributed by atoms with van der Waals surface area (Å²) in [5.74, 6) is 0.438. The zero-order valence-electron chi connectivity index (χ0n) is 23.1. The van der Waals surface area contributed by atoms with Crippen molar-refractivity contribution < 1.29 is 23.8 Å². The molecule has 2 atom stereocenters. The molecule has 3 aromatic carbocycles.